The fourth-order valence-corrected chi connectivity index (χ4v) is 3.29. The number of benzene rings is 2. The quantitative estimate of drug-likeness (QED) is 0.833. The van der Waals surface area contributed by atoms with Gasteiger partial charge in [-0.25, -0.2) is 9.18 Å². The van der Waals surface area contributed by atoms with E-state index in [0.717, 1.165) is 12.8 Å². The molecule has 1 saturated carbocycles. The van der Waals surface area contributed by atoms with Crippen LogP contribution in [0.1, 0.15) is 30.4 Å². The molecular formula is C20H23FN2O. The first-order chi connectivity index (χ1) is 11.7. The molecule has 0 bridgehead atoms. The van der Waals surface area contributed by atoms with Gasteiger partial charge in [0.05, 0.1) is 0 Å². The van der Waals surface area contributed by atoms with E-state index in [9.17, 15) is 9.18 Å². The molecule has 0 spiro atoms. The van der Waals surface area contributed by atoms with Gasteiger partial charge in [-0.1, -0.05) is 55.0 Å². The lowest BCUT2D eigenvalue weighted by molar-refractivity contribution is 0.215. The lowest BCUT2D eigenvalue weighted by Crippen LogP contribution is -2.48. The number of halogens is 1. The van der Waals surface area contributed by atoms with Gasteiger partial charge in [0, 0.05) is 18.5 Å². The van der Waals surface area contributed by atoms with Crippen molar-refractivity contribution >= 4 is 6.03 Å². The third-order valence-electron chi connectivity index (χ3n) is 4.92. The van der Waals surface area contributed by atoms with E-state index in [2.05, 4.69) is 22.8 Å². The number of urea groups is 1. The summed E-state index contributed by atoms with van der Waals surface area (Å²) in [5.74, 6) is -0.225. The number of carbonyl (C=O) groups is 1. The van der Waals surface area contributed by atoms with E-state index in [1.54, 1.807) is 18.2 Å². The SMILES string of the molecule is O=C(NCCc1ccccc1F)NCC1(c2ccccc2)CCC1. The highest BCUT2D eigenvalue weighted by Crippen LogP contribution is 2.43. The van der Waals surface area contributed by atoms with Crippen LogP contribution in [0.3, 0.4) is 0 Å². The van der Waals surface area contributed by atoms with Crippen LogP contribution in [0, 0.1) is 5.82 Å². The molecule has 0 unspecified atom stereocenters. The molecule has 0 radical (unpaired) electrons. The number of hydrogen-bond donors (Lipinski definition) is 2. The van der Waals surface area contributed by atoms with Crippen LogP contribution in [0.15, 0.2) is 54.6 Å². The molecule has 2 N–H and O–H groups in total. The number of nitrogens with one attached hydrogen (secondary N) is 2. The Morgan fingerprint density at radius 1 is 1.00 bits per heavy atom. The van der Waals surface area contributed by atoms with Gasteiger partial charge >= 0.3 is 6.03 Å². The minimum Gasteiger partial charge on any atom is -0.338 e. The second-order valence-electron chi connectivity index (χ2n) is 6.45. The van der Waals surface area contributed by atoms with Gasteiger partial charge in [-0.15, -0.1) is 0 Å². The van der Waals surface area contributed by atoms with Gasteiger partial charge in [0.2, 0.25) is 0 Å². The molecule has 126 valence electrons. The highest BCUT2D eigenvalue weighted by molar-refractivity contribution is 5.74. The standard InChI is InChI=1S/C20H23FN2O/c21-18-10-5-4-7-16(18)11-14-22-19(24)23-15-20(12-6-13-20)17-8-2-1-3-9-17/h1-5,7-10H,6,11-15H2,(H2,22,23,24). The van der Waals surface area contributed by atoms with Gasteiger partial charge in [-0.2, -0.15) is 0 Å². The Morgan fingerprint density at radius 3 is 2.38 bits per heavy atom. The highest BCUT2D eigenvalue weighted by atomic mass is 19.1. The van der Waals surface area contributed by atoms with Crippen LogP contribution >= 0.6 is 0 Å². The normalized spacial score (nSPS) is 15.4. The third-order valence-corrected chi connectivity index (χ3v) is 4.92. The van der Waals surface area contributed by atoms with E-state index in [4.69, 9.17) is 0 Å². The van der Waals surface area contributed by atoms with Crippen molar-refractivity contribution in [3.63, 3.8) is 0 Å². The van der Waals surface area contributed by atoms with Crippen molar-refractivity contribution in [2.45, 2.75) is 31.1 Å². The fourth-order valence-electron chi connectivity index (χ4n) is 3.29. The van der Waals surface area contributed by atoms with Crippen LogP contribution in [-0.4, -0.2) is 19.1 Å². The van der Waals surface area contributed by atoms with E-state index in [1.165, 1.54) is 18.1 Å². The summed E-state index contributed by atoms with van der Waals surface area (Å²) in [5, 5.41) is 5.79. The van der Waals surface area contributed by atoms with Gasteiger partial charge in [0.1, 0.15) is 5.82 Å². The summed E-state index contributed by atoms with van der Waals surface area (Å²) in [6.45, 7) is 1.06. The molecule has 1 aliphatic carbocycles. The zero-order chi connectivity index (χ0) is 16.8. The topological polar surface area (TPSA) is 41.1 Å². The van der Waals surface area contributed by atoms with Gasteiger partial charge in [0.15, 0.2) is 0 Å². The molecule has 1 aliphatic rings. The number of hydrogen-bond acceptors (Lipinski definition) is 1. The van der Waals surface area contributed by atoms with E-state index in [-0.39, 0.29) is 17.3 Å². The second-order valence-corrected chi connectivity index (χ2v) is 6.45. The maximum Gasteiger partial charge on any atom is 0.314 e. The molecule has 3 nitrogen and oxygen atoms in total. The Morgan fingerprint density at radius 2 is 1.71 bits per heavy atom. The first kappa shape index (κ1) is 16.5. The summed E-state index contributed by atoms with van der Waals surface area (Å²) >= 11 is 0. The van der Waals surface area contributed by atoms with Gasteiger partial charge < -0.3 is 10.6 Å². The Hall–Kier alpha value is -2.36. The third kappa shape index (κ3) is 3.75. The summed E-state index contributed by atoms with van der Waals surface area (Å²) in [6.07, 6.45) is 3.90. The highest BCUT2D eigenvalue weighted by Gasteiger charge is 2.38. The zero-order valence-electron chi connectivity index (χ0n) is 13.7. The first-order valence-electron chi connectivity index (χ1n) is 8.50. The summed E-state index contributed by atoms with van der Waals surface area (Å²) in [5.41, 5.74) is 1.99. The van der Waals surface area contributed by atoms with Crippen molar-refractivity contribution in [2.24, 2.45) is 0 Å². The van der Waals surface area contributed by atoms with E-state index >= 15 is 0 Å². The van der Waals surface area contributed by atoms with Crippen LogP contribution in [0.5, 0.6) is 0 Å². The minimum atomic E-state index is -0.225. The number of carbonyl (C=O) groups excluding carboxylic acids is 1. The minimum absolute atomic E-state index is 0.0735. The molecule has 0 aliphatic heterocycles. The lowest BCUT2D eigenvalue weighted by Gasteiger charge is -2.42. The molecule has 2 aromatic carbocycles. The fraction of sp³-hybridized carbons (Fsp3) is 0.350. The average molecular weight is 326 g/mol. The first-order valence-corrected chi connectivity index (χ1v) is 8.50. The average Bonchev–Trinajstić information content (AvgIpc) is 2.57. The molecule has 24 heavy (non-hydrogen) atoms. The molecule has 2 amide bonds. The van der Waals surface area contributed by atoms with Crippen molar-refractivity contribution < 1.29 is 9.18 Å². The summed E-state index contributed by atoms with van der Waals surface area (Å²) in [4.78, 5) is 12.0. The Bertz CT molecular complexity index is 683. The smallest absolute Gasteiger partial charge is 0.314 e. The summed E-state index contributed by atoms with van der Waals surface area (Å²) in [6, 6.07) is 16.8. The van der Waals surface area contributed by atoms with Crippen LogP contribution in [0.4, 0.5) is 9.18 Å². The van der Waals surface area contributed by atoms with E-state index in [1.807, 2.05) is 18.2 Å². The number of rotatable bonds is 6. The van der Waals surface area contributed by atoms with Gasteiger partial charge in [-0.3, -0.25) is 0 Å². The lowest BCUT2D eigenvalue weighted by atomic mass is 9.64. The molecule has 0 saturated heterocycles. The Balaban J connectivity index is 1.46. The van der Waals surface area contributed by atoms with E-state index in [0.29, 0.717) is 25.1 Å². The zero-order valence-corrected chi connectivity index (χ0v) is 13.7. The van der Waals surface area contributed by atoms with Crippen LogP contribution in [0.2, 0.25) is 0 Å². The van der Waals surface area contributed by atoms with Crippen LogP contribution < -0.4 is 10.6 Å². The summed E-state index contributed by atoms with van der Waals surface area (Å²) < 4.78 is 13.5. The van der Waals surface area contributed by atoms with Crippen LogP contribution in [0.25, 0.3) is 0 Å². The van der Waals surface area contributed by atoms with Crippen LogP contribution in [-0.2, 0) is 11.8 Å². The molecule has 0 atom stereocenters. The van der Waals surface area contributed by atoms with Crippen molar-refractivity contribution in [3.05, 3.63) is 71.5 Å². The second kappa shape index (κ2) is 7.47. The van der Waals surface area contributed by atoms with Crippen molar-refractivity contribution in [1.82, 2.24) is 10.6 Å². The molecule has 0 heterocycles. The molecule has 1 fully saturated rings. The van der Waals surface area contributed by atoms with Gasteiger partial charge in [0.25, 0.3) is 0 Å². The molecule has 0 aromatic heterocycles. The van der Waals surface area contributed by atoms with E-state index < -0.39 is 0 Å². The van der Waals surface area contributed by atoms with Crippen molar-refractivity contribution in [2.75, 3.05) is 13.1 Å². The maximum atomic E-state index is 13.5. The van der Waals surface area contributed by atoms with Gasteiger partial charge in [-0.05, 0) is 36.5 Å². The Labute approximate surface area is 142 Å². The predicted molar refractivity (Wildman–Crippen MR) is 93.5 cm³/mol. The largest absolute Gasteiger partial charge is 0.338 e. The molecule has 3 rings (SSSR count). The van der Waals surface area contributed by atoms with Crippen molar-refractivity contribution in [1.29, 1.82) is 0 Å². The van der Waals surface area contributed by atoms with Crippen molar-refractivity contribution in [3.8, 4) is 0 Å². The summed E-state index contributed by atoms with van der Waals surface area (Å²) in [7, 11) is 0. The maximum absolute atomic E-state index is 13.5. The number of amides is 2. The molecule has 4 heteroatoms. The molecule has 2 aromatic rings. The monoisotopic (exact) mass is 326 g/mol. The molecular weight excluding hydrogens is 303 g/mol. The Kier molecular flexibility index (Phi) is 5.14. The predicted octanol–water partition coefficient (Wildman–Crippen LogP) is 3.79.